The van der Waals surface area contributed by atoms with E-state index < -0.39 is 0 Å². The van der Waals surface area contributed by atoms with Crippen LogP contribution in [0.5, 0.6) is 0 Å². The number of aromatic nitrogens is 2. The smallest absolute Gasteiger partial charge is 0.239 e. The number of nitrogens with zero attached hydrogens (tertiary/aromatic N) is 3. The molecule has 7 heteroatoms. The maximum Gasteiger partial charge on any atom is 0.239 e. The molecule has 1 aliphatic heterocycles. The number of rotatable bonds is 3. The molecule has 0 N–H and O–H groups in total. The van der Waals surface area contributed by atoms with Gasteiger partial charge in [-0.2, -0.15) is 5.10 Å². The molecule has 1 saturated heterocycles. The molecule has 2 amide bonds. The molecule has 1 saturated carbocycles. The Balaban J connectivity index is 1.44. The first kappa shape index (κ1) is 16.3. The monoisotopic (exact) mass is 431 g/mol. The van der Waals surface area contributed by atoms with E-state index in [4.69, 9.17) is 11.6 Å². The van der Waals surface area contributed by atoms with E-state index in [0.29, 0.717) is 21.9 Å². The van der Waals surface area contributed by atoms with E-state index in [0.717, 1.165) is 12.0 Å². The first-order valence-corrected chi connectivity index (χ1v) is 9.73. The Labute approximate surface area is 163 Å². The Morgan fingerprint density at radius 1 is 1.08 bits per heavy atom. The Morgan fingerprint density at radius 2 is 1.69 bits per heavy atom. The van der Waals surface area contributed by atoms with Crippen molar-refractivity contribution in [3.8, 4) is 0 Å². The predicted molar refractivity (Wildman–Crippen MR) is 101 cm³/mol. The predicted octanol–water partition coefficient (Wildman–Crippen LogP) is 3.66. The van der Waals surface area contributed by atoms with Gasteiger partial charge in [-0.15, -0.1) is 0 Å². The van der Waals surface area contributed by atoms with Gasteiger partial charge in [0.1, 0.15) is 0 Å². The number of amides is 2. The van der Waals surface area contributed by atoms with Crippen molar-refractivity contribution < 1.29 is 9.59 Å². The molecular weight excluding hydrogens is 418 g/mol. The number of fused-ring (bicyclic) bond motifs is 5. The molecule has 1 aromatic heterocycles. The number of benzene rings is 1. The van der Waals surface area contributed by atoms with Crippen LogP contribution in [0.4, 0.5) is 5.82 Å². The fourth-order valence-corrected chi connectivity index (χ4v) is 5.13. The lowest BCUT2D eigenvalue weighted by molar-refractivity contribution is -0.123. The number of carbonyl (C=O) groups is 2. The zero-order valence-corrected chi connectivity index (χ0v) is 16.0. The summed E-state index contributed by atoms with van der Waals surface area (Å²) in [5, 5.41) is 5.19. The highest BCUT2D eigenvalue weighted by Crippen LogP contribution is 2.53. The largest absolute Gasteiger partial charge is 0.274 e. The lowest BCUT2D eigenvalue weighted by Gasteiger charge is -2.14. The Bertz CT molecular complexity index is 922. The van der Waals surface area contributed by atoms with Crippen molar-refractivity contribution in [2.45, 2.75) is 13.0 Å². The number of carbonyl (C=O) groups excluding carboxylic acids is 2. The molecule has 26 heavy (non-hydrogen) atoms. The van der Waals surface area contributed by atoms with Gasteiger partial charge in [0.05, 0.1) is 22.9 Å². The molecule has 4 atom stereocenters. The van der Waals surface area contributed by atoms with Crippen molar-refractivity contribution in [1.82, 2.24) is 9.78 Å². The molecule has 0 unspecified atom stereocenters. The van der Waals surface area contributed by atoms with Crippen LogP contribution in [-0.4, -0.2) is 21.6 Å². The van der Waals surface area contributed by atoms with Gasteiger partial charge in [-0.1, -0.05) is 35.9 Å². The maximum absolute atomic E-state index is 12.9. The van der Waals surface area contributed by atoms with Crippen LogP contribution in [0.1, 0.15) is 12.0 Å². The average molecular weight is 433 g/mol. The van der Waals surface area contributed by atoms with Crippen molar-refractivity contribution in [3.05, 3.63) is 57.7 Å². The lowest BCUT2D eigenvalue weighted by atomic mass is 9.85. The second kappa shape index (κ2) is 5.79. The number of anilines is 1. The van der Waals surface area contributed by atoms with Crippen LogP contribution in [0, 0.1) is 23.7 Å². The van der Waals surface area contributed by atoms with Crippen LogP contribution in [0.3, 0.4) is 0 Å². The third-order valence-electron chi connectivity index (χ3n) is 5.64. The van der Waals surface area contributed by atoms with Crippen LogP contribution < -0.4 is 4.90 Å². The third kappa shape index (κ3) is 2.32. The Hall–Kier alpha value is -1.92. The summed E-state index contributed by atoms with van der Waals surface area (Å²) in [6, 6.07) is 7.51. The Morgan fingerprint density at radius 3 is 2.31 bits per heavy atom. The summed E-state index contributed by atoms with van der Waals surface area (Å²) >= 11 is 9.39. The highest BCUT2D eigenvalue weighted by Gasteiger charge is 2.60. The van der Waals surface area contributed by atoms with E-state index in [1.807, 2.05) is 24.3 Å². The van der Waals surface area contributed by atoms with E-state index in [1.54, 1.807) is 10.9 Å². The summed E-state index contributed by atoms with van der Waals surface area (Å²) in [5.74, 6) is 0.116. The van der Waals surface area contributed by atoms with E-state index in [2.05, 4.69) is 33.2 Å². The van der Waals surface area contributed by atoms with Crippen molar-refractivity contribution in [3.63, 3.8) is 0 Å². The molecule has 2 heterocycles. The quantitative estimate of drug-likeness (QED) is 0.549. The summed E-state index contributed by atoms with van der Waals surface area (Å²) < 4.78 is 2.37. The first-order chi connectivity index (χ1) is 12.5. The molecule has 2 bridgehead atoms. The Kier molecular flexibility index (Phi) is 3.62. The van der Waals surface area contributed by atoms with Crippen molar-refractivity contribution in [1.29, 1.82) is 0 Å². The van der Waals surface area contributed by atoms with Gasteiger partial charge in [0.25, 0.3) is 0 Å². The van der Waals surface area contributed by atoms with Crippen LogP contribution in [0.25, 0.3) is 0 Å². The molecule has 5 nitrogen and oxygen atoms in total. The van der Waals surface area contributed by atoms with Crippen LogP contribution in [0.15, 0.2) is 47.1 Å². The normalized spacial score (nSPS) is 29.1. The number of imide groups is 1. The van der Waals surface area contributed by atoms with Gasteiger partial charge in [0.2, 0.25) is 11.8 Å². The van der Waals surface area contributed by atoms with Gasteiger partial charge in [-0.3, -0.25) is 14.3 Å². The summed E-state index contributed by atoms with van der Waals surface area (Å²) in [4.78, 5) is 27.1. The molecule has 2 aromatic rings. The van der Waals surface area contributed by atoms with Gasteiger partial charge in [0, 0.05) is 11.2 Å². The summed E-state index contributed by atoms with van der Waals surface area (Å²) in [6.45, 7) is 0.533. The topological polar surface area (TPSA) is 55.2 Å². The van der Waals surface area contributed by atoms with Crippen molar-refractivity contribution in [2.24, 2.45) is 23.7 Å². The average Bonchev–Trinajstić information content (AvgIpc) is 3.35. The molecule has 1 aromatic carbocycles. The lowest BCUT2D eigenvalue weighted by Crippen LogP contribution is -2.33. The van der Waals surface area contributed by atoms with Gasteiger partial charge in [0.15, 0.2) is 5.82 Å². The zero-order valence-electron chi connectivity index (χ0n) is 13.7. The summed E-state index contributed by atoms with van der Waals surface area (Å²) in [7, 11) is 0. The first-order valence-electron chi connectivity index (χ1n) is 8.56. The number of allylic oxidation sites excluding steroid dienone is 2. The zero-order chi connectivity index (χ0) is 18.0. The summed E-state index contributed by atoms with van der Waals surface area (Å²) in [6.07, 6.45) is 6.90. The van der Waals surface area contributed by atoms with E-state index in [1.165, 1.54) is 4.90 Å². The number of halogens is 2. The number of hydrogen-bond acceptors (Lipinski definition) is 3. The van der Waals surface area contributed by atoms with Crippen molar-refractivity contribution in [2.75, 3.05) is 4.90 Å². The molecular formula is C19H15BrClN3O2. The molecule has 3 aliphatic rings. The van der Waals surface area contributed by atoms with Gasteiger partial charge in [-0.25, -0.2) is 4.90 Å². The standard InChI is InChI=1S/C19H15BrClN3O2/c20-14-9-23(8-10-1-5-13(21)6-2-10)22-17(14)24-18(25)15-11-3-4-12(7-11)16(15)19(24)26/h1-6,9,11-12,15-16H,7-8H2/t11-,12-,15+,16+/m0/s1. The fraction of sp³-hybridized carbons (Fsp3) is 0.316. The molecule has 2 fully saturated rings. The molecule has 132 valence electrons. The van der Waals surface area contributed by atoms with Gasteiger partial charge in [-0.05, 0) is 51.9 Å². The maximum atomic E-state index is 12.9. The minimum absolute atomic E-state index is 0.116. The molecule has 0 spiro atoms. The van der Waals surface area contributed by atoms with Crippen LogP contribution in [0.2, 0.25) is 5.02 Å². The SMILES string of the molecule is O=C1[C@H]2[C@H](C(=O)N1c1nn(Cc3ccc(Cl)cc3)cc1Br)[C@H]1C=C[C@H]2C1. The van der Waals surface area contributed by atoms with E-state index >= 15 is 0 Å². The second-order valence-corrected chi connectivity index (χ2v) is 8.43. The van der Waals surface area contributed by atoms with Gasteiger partial charge >= 0.3 is 0 Å². The van der Waals surface area contributed by atoms with Crippen LogP contribution in [-0.2, 0) is 16.1 Å². The minimum atomic E-state index is -0.217. The van der Waals surface area contributed by atoms with E-state index in [9.17, 15) is 9.59 Å². The van der Waals surface area contributed by atoms with Gasteiger partial charge < -0.3 is 0 Å². The fourth-order valence-electron chi connectivity index (χ4n) is 4.51. The van der Waals surface area contributed by atoms with Crippen molar-refractivity contribution >= 4 is 45.2 Å². The molecule has 5 rings (SSSR count). The summed E-state index contributed by atoms with van der Waals surface area (Å²) in [5.41, 5.74) is 1.04. The second-order valence-electron chi connectivity index (χ2n) is 7.14. The highest BCUT2D eigenvalue weighted by molar-refractivity contribution is 9.10. The van der Waals surface area contributed by atoms with Crippen LogP contribution >= 0.6 is 27.5 Å². The molecule has 0 radical (unpaired) electrons. The highest BCUT2D eigenvalue weighted by atomic mass is 79.9. The molecule has 2 aliphatic carbocycles. The minimum Gasteiger partial charge on any atom is -0.274 e. The van der Waals surface area contributed by atoms with E-state index in [-0.39, 0.29) is 35.5 Å². The third-order valence-corrected chi connectivity index (χ3v) is 6.45. The number of hydrogen-bond donors (Lipinski definition) is 0.